The van der Waals surface area contributed by atoms with Crippen molar-refractivity contribution in [1.29, 1.82) is 0 Å². The highest BCUT2D eigenvalue weighted by atomic mass is 79.9. The van der Waals surface area contributed by atoms with Crippen LogP contribution in [0.2, 0.25) is 0 Å². The summed E-state index contributed by atoms with van der Waals surface area (Å²) in [5.74, 6) is 0.00832. The molecule has 0 aliphatic heterocycles. The highest BCUT2D eigenvalue weighted by Crippen LogP contribution is 2.14. The van der Waals surface area contributed by atoms with Gasteiger partial charge in [0.05, 0.1) is 0 Å². The van der Waals surface area contributed by atoms with Gasteiger partial charge in [0.1, 0.15) is 0 Å². The first-order valence-corrected chi connectivity index (χ1v) is 5.51. The third-order valence-electron chi connectivity index (χ3n) is 2.25. The lowest BCUT2D eigenvalue weighted by Gasteiger charge is -2.10. The van der Waals surface area contributed by atoms with Crippen LogP contribution in [0.1, 0.15) is 12.0 Å². The van der Waals surface area contributed by atoms with Gasteiger partial charge in [-0.05, 0) is 30.5 Å². The molecular weight excluding hydrogens is 244 g/mol. The summed E-state index contributed by atoms with van der Waals surface area (Å²) in [5.41, 5.74) is 1.23. The van der Waals surface area contributed by atoms with E-state index >= 15 is 0 Å². The number of benzene rings is 1. The van der Waals surface area contributed by atoms with Crippen molar-refractivity contribution in [3.8, 4) is 0 Å². The molecule has 1 rings (SSSR count). The summed E-state index contributed by atoms with van der Waals surface area (Å²) in [6, 6.07) is 8.09. The molecule has 3 heteroatoms. The molecule has 0 saturated carbocycles. The van der Waals surface area contributed by atoms with Gasteiger partial charge >= 0.3 is 0 Å². The molecule has 2 nitrogen and oxygen atoms in total. The summed E-state index contributed by atoms with van der Waals surface area (Å²) < 4.78 is 1.07. The molecule has 0 aliphatic carbocycles. The van der Waals surface area contributed by atoms with E-state index in [9.17, 15) is 0 Å². The summed E-state index contributed by atoms with van der Waals surface area (Å²) in [6.07, 6.45) is 1.72. The molecule has 0 atom stereocenters. The van der Waals surface area contributed by atoms with Gasteiger partial charge in [-0.15, -0.1) is 0 Å². The van der Waals surface area contributed by atoms with Gasteiger partial charge in [-0.3, -0.25) is 0 Å². The Morgan fingerprint density at radius 1 is 1.21 bits per heavy atom. The maximum Gasteiger partial charge on any atom is 0.0481 e. The Kier molecular flexibility index (Phi) is 5.15. The number of rotatable bonds is 5. The third-order valence-corrected chi connectivity index (χ3v) is 2.74. The quantitative estimate of drug-likeness (QED) is 0.848. The zero-order chi connectivity index (χ0) is 10.4. The minimum absolute atomic E-state index is 0.00832. The van der Waals surface area contributed by atoms with Gasteiger partial charge in [0.2, 0.25) is 0 Å². The highest BCUT2D eigenvalue weighted by Gasteiger charge is 2.05. The molecule has 0 amide bonds. The summed E-state index contributed by atoms with van der Waals surface area (Å²) in [7, 11) is 0. The topological polar surface area (TPSA) is 40.5 Å². The van der Waals surface area contributed by atoms with Crippen LogP contribution in [0, 0.1) is 5.92 Å². The van der Waals surface area contributed by atoms with Crippen LogP contribution in [0.15, 0.2) is 28.7 Å². The molecule has 78 valence electrons. The Bertz CT molecular complexity index is 272. The predicted molar refractivity (Wildman–Crippen MR) is 60.1 cm³/mol. The Hall–Kier alpha value is -0.380. The van der Waals surface area contributed by atoms with Crippen LogP contribution < -0.4 is 0 Å². The smallest absolute Gasteiger partial charge is 0.0481 e. The van der Waals surface area contributed by atoms with Crippen molar-refractivity contribution in [3.63, 3.8) is 0 Å². The summed E-state index contributed by atoms with van der Waals surface area (Å²) in [4.78, 5) is 0. The molecule has 2 N–H and O–H groups in total. The SMILES string of the molecule is OCC(CO)CCc1cccc(Br)c1. The predicted octanol–water partition coefficient (Wildman–Crippen LogP) is 1.98. The molecule has 0 unspecified atom stereocenters. The normalized spacial score (nSPS) is 10.9. The molecule has 0 heterocycles. The van der Waals surface area contributed by atoms with E-state index in [1.807, 2.05) is 12.1 Å². The van der Waals surface area contributed by atoms with E-state index in [1.165, 1.54) is 5.56 Å². The standard InChI is InChI=1S/C11H15BrO2/c12-11-3-1-2-9(6-11)4-5-10(7-13)8-14/h1-3,6,10,13-14H,4-5,7-8H2. The first-order valence-electron chi connectivity index (χ1n) is 4.72. The average molecular weight is 259 g/mol. The number of halogens is 1. The van der Waals surface area contributed by atoms with E-state index in [0.717, 1.165) is 17.3 Å². The largest absolute Gasteiger partial charge is 0.396 e. The lowest BCUT2D eigenvalue weighted by molar-refractivity contribution is 0.144. The second kappa shape index (κ2) is 6.17. The van der Waals surface area contributed by atoms with Crippen LogP contribution in [0.25, 0.3) is 0 Å². The van der Waals surface area contributed by atoms with Crippen LogP contribution in [0.5, 0.6) is 0 Å². The third kappa shape index (κ3) is 3.78. The number of hydrogen-bond donors (Lipinski definition) is 2. The maximum atomic E-state index is 8.89. The minimum atomic E-state index is 0.00832. The Morgan fingerprint density at radius 2 is 1.93 bits per heavy atom. The Morgan fingerprint density at radius 3 is 2.50 bits per heavy atom. The zero-order valence-electron chi connectivity index (χ0n) is 7.99. The second-order valence-electron chi connectivity index (χ2n) is 3.40. The van der Waals surface area contributed by atoms with E-state index < -0.39 is 0 Å². The first-order chi connectivity index (χ1) is 6.76. The number of aryl methyl sites for hydroxylation is 1. The van der Waals surface area contributed by atoms with E-state index in [2.05, 4.69) is 28.1 Å². The van der Waals surface area contributed by atoms with E-state index in [-0.39, 0.29) is 19.1 Å². The zero-order valence-corrected chi connectivity index (χ0v) is 9.57. The van der Waals surface area contributed by atoms with Gasteiger partial charge in [0, 0.05) is 23.6 Å². The highest BCUT2D eigenvalue weighted by molar-refractivity contribution is 9.10. The molecule has 0 radical (unpaired) electrons. The first kappa shape index (κ1) is 11.7. The molecule has 0 aromatic heterocycles. The Balaban J connectivity index is 2.44. The van der Waals surface area contributed by atoms with Crippen LogP contribution >= 0.6 is 15.9 Å². The Labute approximate surface area is 92.7 Å². The number of hydrogen-bond acceptors (Lipinski definition) is 2. The number of aliphatic hydroxyl groups excluding tert-OH is 2. The van der Waals surface area contributed by atoms with Crippen LogP contribution in [-0.4, -0.2) is 23.4 Å². The fourth-order valence-electron chi connectivity index (χ4n) is 1.30. The van der Waals surface area contributed by atoms with E-state index in [4.69, 9.17) is 10.2 Å². The van der Waals surface area contributed by atoms with Crippen molar-refractivity contribution in [3.05, 3.63) is 34.3 Å². The van der Waals surface area contributed by atoms with Gasteiger partial charge in [-0.1, -0.05) is 28.1 Å². The lowest BCUT2D eigenvalue weighted by atomic mass is 10.0. The van der Waals surface area contributed by atoms with Gasteiger partial charge in [0.25, 0.3) is 0 Å². The van der Waals surface area contributed by atoms with Crippen molar-refractivity contribution in [1.82, 2.24) is 0 Å². The second-order valence-corrected chi connectivity index (χ2v) is 4.32. The molecule has 1 aromatic carbocycles. The molecule has 0 aliphatic rings. The van der Waals surface area contributed by atoms with Crippen molar-refractivity contribution in [2.45, 2.75) is 12.8 Å². The monoisotopic (exact) mass is 258 g/mol. The molecule has 0 saturated heterocycles. The van der Waals surface area contributed by atoms with Crippen LogP contribution in [0.3, 0.4) is 0 Å². The molecule has 0 fully saturated rings. The van der Waals surface area contributed by atoms with Crippen molar-refractivity contribution < 1.29 is 10.2 Å². The maximum absolute atomic E-state index is 8.89. The molecular formula is C11H15BrO2. The van der Waals surface area contributed by atoms with Gasteiger partial charge in [-0.25, -0.2) is 0 Å². The average Bonchev–Trinajstić information content (AvgIpc) is 2.19. The van der Waals surface area contributed by atoms with Gasteiger partial charge in [-0.2, -0.15) is 0 Å². The lowest BCUT2D eigenvalue weighted by Crippen LogP contribution is -2.11. The van der Waals surface area contributed by atoms with Crippen LogP contribution in [0.4, 0.5) is 0 Å². The summed E-state index contributed by atoms with van der Waals surface area (Å²) in [6.45, 7) is 0.120. The molecule has 1 aromatic rings. The summed E-state index contributed by atoms with van der Waals surface area (Å²) in [5, 5.41) is 17.8. The molecule has 0 bridgehead atoms. The molecule has 14 heavy (non-hydrogen) atoms. The van der Waals surface area contributed by atoms with Crippen molar-refractivity contribution in [2.24, 2.45) is 5.92 Å². The van der Waals surface area contributed by atoms with E-state index in [0.29, 0.717) is 0 Å². The fraction of sp³-hybridized carbons (Fsp3) is 0.455. The van der Waals surface area contributed by atoms with Gasteiger partial charge in [0.15, 0.2) is 0 Å². The number of aliphatic hydroxyl groups is 2. The minimum Gasteiger partial charge on any atom is -0.396 e. The summed E-state index contributed by atoms with van der Waals surface area (Å²) >= 11 is 3.40. The van der Waals surface area contributed by atoms with Crippen molar-refractivity contribution >= 4 is 15.9 Å². The van der Waals surface area contributed by atoms with Crippen LogP contribution in [-0.2, 0) is 6.42 Å². The van der Waals surface area contributed by atoms with Crippen molar-refractivity contribution in [2.75, 3.05) is 13.2 Å². The van der Waals surface area contributed by atoms with E-state index in [1.54, 1.807) is 0 Å². The fourth-order valence-corrected chi connectivity index (χ4v) is 1.75. The van der Waals surface area contributed by atoms with Gasteiger partial charge < -0.3 is 10.2 Å². The molecule has 0 spiro atoms.